The smallest absolute Gasteiger partial charge is 0.0455 e. The third kappa shape index (κ3) is 2.96. The normalized spacial score (nSPS) is 17.5. The third-order valence-electron chi connectivity index (χ3n) is 4.37. The number of rotatable bonds is 3. The van der Waals surface area contributed by atoms with Gasteiger partial charge in [0.05, 0.1) is 0 Å². The molecule has 0 N–H and O–H groups in total. The fourth-order valence-corrected chi connectivity index (χ4v) is 3.02. The van der Waals surface area contributed by atoms with Gasteiger partial charge >= 0.3 is 0 Å². The lowest BCUT2D eigenvalue weighted by molar-refractivity contribution is 0.182. The molecular weight excluding hydrogens is 244 g/mol. The zero-order chi connectivity index (χ0) is 13.9. The molecular formula is C18H24N2. The number of nitrogens with zero attached hydrogens (tertiary/aromatic N) is 2. The van der Waals surface area contributed by atoms with E-state index in [2.05, 4.69) is 65.9 Å². The maximum atomic E-state index is 2.58. The SMILES string of the molecule is Cc1cccc(-n2cccc2CN2CCC(C)CC2)c1. The molecule has 1 aromatic heterocycles. The molecule has 0 saturated carbocycles. The lowest BCUT2D eigenvalue weighted by Crippen LogP contribution is -2.32. The molecule has 1 fully saturated rings. The van der Waals surface area contributed by atoms with Gasteiger partial charge in [-0.25, -0.2) is 0 Å². The van der Waals surface area contributed by atoms with E-state index in [0.29, 0.717) is 0 Å². The van der Waals surface area contributed by atoms with Crippen LogP contribution in [0.2, 0.25) is 0 Å². The Hall–Kier alpha value is -1.54. The quantitative estimate of drug-likeness (QED) is 0.816. The zero-order valence-corrected chi connectivity index (χ0v) is 12.5. The lowest BCUT2D eigenvalue weighted by atomic mass is 9.99. The van der Waals surface area contributed by atoms with Crippen LogP contribution in [-0.2, 0) is 6.54 Å². The first kappa shape index (κ1) is 13.4. The van der Waals surface area contributed by atoms with Gasteiger partial charge in [0.1, 0.15) is 0 Å². The first-order valence-electron chi connectivity index (χ1n) is 7.68. The number of benzene rings is 1. The van der Waals surface area contributed by atoms with Crippen LogP contribution < -0.4 is 0 Å². The highest BCUT2D eigenvalue weighted by Crippen LogP contribution is 2.20. The van der Waals surface area contributed by atoms with Gasteiger partial charge < -0.3 is 4.57 Å². The molecule has 1 aromatic carbocycles. The second-order valence-electron chi connectivity index (χ2n) is 6.17. The molecule has 3 rings (SSSR count). The van der Waals surface area contributed by atoms with Crippen LogP contribution in [0, 0.1) is 12.8 Å². The molecule has 2 nitrogen and oxygen atoms in total. The zero-order valence-electron chi connectivity index (χ0n) is 12.5. The van der Waals surface area contributed by atoms with E-state index in [-0.39, 0.29) is 0 Å². The first-order chi connectivity index (χ1) is 9.72. The van der Waals surface area contributed by atoms with E-state index >= 15 is 0 Å². The third-order valence-corrected chi connectivity index (χ3v) is 4.37. The van der Waals surface area contributed by atoms with E-state index in [4.69, 9.17) is 0 Å². The molecule has 1 aliphatic heterocycles. The van der Waals surface area contributed by atoms with Crippen LogP contribution in [0.15, 0.2) is 42.6 Å². The minimum atomic E-state index is 0.898. The molecule has 0 radical (unpaired) electrons. The van der Waals surface area contributed by atoms with Gasteiger partial charge in [-0.1, -0.05) is 19.1 Å². The molecule has 1 aliphatic rings. The number of aryl methyl sites for hydroxylation is 1. The Labute approximate surface area is 122 Å². The summed E-state index contributed by atoms with van der Waals surface area (Å²) in [5.41, 5.74) is 3.98. The predicted octanol–water partition coefficient (Wildman–Crippen LogP) is 4.02. The van der Waals surface area contributed by atoms with Crippen molar-refractivity contribution >= 4 is 0 Å². The summed E-state index contributed by atoms with van der Waals surface area (Å²) < 4.78 is 2.32. The van der Waals surface area contributed by atoms with Crippen molar-refractivity contribution in [2.75, 3.05) is 13.1 Å². The Morgan fingerprint density at radius 1 is 1.10 bits per heavy atom. The highest BCUT2D eigenvalue weighted by molar-refractivity contribution is 5.38. The van der Waals surface area contributed by atoms with Crippen molar-refractivity contribution in [1.29, 1.82) is 0 Å². The standard InChI is InChI=1S/C18H24N2/c1-15-8-11-19(12-9-15)14-18-7-4-10-20(18)17-6-3-5-16(2)13-17/h3-7,10,13,15H,8-9,11-12,14H2,1-2H3. The second-order valence-corrected chi connectivity index (χ2v) is 6.17. The number of hydrogen-bond acceptors (Lipinski definition) is 1. The summed E-state index contributed by atoms with van der Waals surface area (Å²) in [5, 5.41) is 0. The number of piperidine rings is 1. The van der Waals surface area contributed by atoms with Crippen LogP contribution in [0.4, 0.5) is 0 Å². The molecule has 0 amide bonds. The number of hydrogen-bond donors (Lipinski definition) is 0. The fraction of sp³-hybridized carbons (Fsp3) is 0.444. The van der Waals surface area contributed by atoms with Crippen LogP contribution >= 0.6 is 0 Å². The Morgan fingerprint density at radius 2 is 1.90 bits per heavy atom. The first-order valence-corrected chi connectivity index (χ1v) is 7.68. The van der Waals surface area contributed by atoms with Gasteiger partial charge in [-0.05, 0) is 68.6 Å². The Kier molecular flexibility index (Phi) is 3.93. The van der Waals surface area contributed by atoms with E-state index in [1.807, 2.05) is 0 Å². The van der Waals surface area contributed by atoms with E-state index in [0.717, 1.165) is 12.5 Å². The molecule has 0 spiro atoms. The van der Waals surface area contributed by atoms with Crippen LogP contribution in [-0.4, -0.2) is 22.6 Å². The van der Waals surface area contributed by atoms with Gasteiger partial charge in [0, 0.05) is 24.1 Å². The molecule has 0 aliphatic carbocycles. The summed E-state index contributed by atoms with van der Waals surface area (Å²) >= 11 is 0. The maximum absolute atomic E-state index is 2.58. The van der Waals surface area contributed by atoms with E-state index in [9.17, 15) is 0 Å². The van der Waals surface area contributed by atoms with Gasteiger partial charge in [-0.3, -0.25) is 4.90 Å². The summed E-state index contributed by atoms with van der Waals surface area (Å²) in [5.74, 6) is 0.898. The maximum Gasteiger partial charge on any atom is 0.0455 e. The minimum Gasteiger partial charge on any atom is -0.320 e. The molecule has 20 heavy (non-hydrogen) atoms. The van der Waals surface area contributed by atoms with E-state index < -0.39 is 0 Å². The van der Waals surface area contributed by atoms with Crippen molar-refractivity contribution < 1.29 is 0 Å². The summed E-state index contributed by atoms with van der Waals surface area (Å²) in [7, 11) is 0. The Bertz CT molecular complexity index is 562. The molecule has 0 unspecified atom stereocenters. The predicted molar refractivity (Wildman–Crippen MR) is 84.2 cm³/mol. The van der Waals surface area contributed by atoms with Crippen LogP contribution in [0.1, 0.15) is 31.0 Å². The molecule has 1 saturated heterocycles. The Balaban J connectivity index is 1.77. The van der Waals surface area contributed by atoms with Gasteiger partial charge in [-0.15, -0.1) is 0 Å². The number of likely N-dealkylation sites (tertiary alicyclic amines) is 1. The fourth-order valence-electron chi connectivity index (χ4n) is 3.02. The van der Waals surface area contributed by atoms with Crippen LogP contribution in [0.3, 0.4) is 0 Å². The van der Waals surface area contributed by atoms with Gasteiger partial charge in [0.2, 0.25) is 0 Å². The van der Waals surface area contributed by atoms with Gasteiger partial charge in [0.15, 0.2) is 0 Å². The average Bonchev–Trinajstić information content (AvgIpc) is 2.89. The van der Waals surface area contributed by atoms with Crippen LogP contribution in [0.25, 0.3) is 5.69 Å². The topological polar surface area (TPSA) is 8.17 Å². The molecule has 2 heteroatoms. The minimum absolute atomic E-state index is 0.898. The van der Waals surface area contributed by atoms with Crippen molar-refractivity contribution in [2.45, 2.75) is 33.2 Å². The van der Waals surface area contributed by atoms with Gasteiger partial charge in [-0.2, -0.15) is 0 Å². The summed E-state index contributed by atoms with van der Waals surface area (Å²) in [6.45, 7) is 8.06. The molecule has 2 aromatic rings. The Morgan fingerprint density at radius 3 is 2.65 bits per heavy atom. The lowest BCUT2D eigenvalue weighted by Gasteiger charge is -2.30. The molecule has 0 atom stereocenters. The van der Waals surface area contributed by atoms with E-state index in [1.54, 1.807) is 0 Å². The van der Waals surface area contributed by atoms with Crippen LogP contribution in [0.5, 0.6) is 0 Å². The molecule has 0 bridgehead atoms. The average molecular weight is 268 g/mol. The highest BCUT2D eigenvalue weighted by atomic mass is 15.1. The monoisotopic (exact) mass is 268 g/mol. The highest BCUT2D eigenvalue weighted by Gasteiger charge is 2.17. The van der Waals surface area contributed by atoms with E-state index in [1.165, 1.54) is 42.9 Å². The van der Waals surface area contributed by atoms with Crippen molar-refractivity contribution in [3.63, 3.8) is 0 Å². The van der Waals surface area contributed by atoms with Crippen molar-refractivity contribution in [1.82, 2.24) is 9.47 Å². The van der Waals surface area contributed by atoms with Crippen molar-refractivity contribution in [3.05, 3.63) is 53.9 Å². The summed E-state index contributed by atoms with van der Waals surface area (Å²) in [4.78, 5) is 2.58. The van der Waals surface area contributed by atoms with Crippen molar-refractivity contribution in [3.8, 4) is 5.69 Å². The second kappa shape index (κ2) is 5.84. The number of aromatic nitrogens is 1. The largest absolute Gasteiger partial charge is 0.320 e. The summed E-state index contributed by atoms with van der Waals surface area (Å²) in [6.07, 6.45) is 4.85. The summed E-state index contributed by atoms with van der Waals surface area (Å²) in [6, 6.07) is 13.1. The molecule has 106 valence electrons. The van der Waals surface area contributed by atoms with Crippen molar-refractivity contribution in [2.24, 2.45) is 5.92 Å². The van der Waals surface area contributed by atoms with Gasteiger partial charge in [0.25, 0.3) is 0 Å². The molecule has 2 heterocycles.